The van der Waals surface area contributed by atoms with E-state index in [1.165, 1.54) is 0 Å². The van der Waals surface area contributed by atoms with Crippen molar-refractivity contribution < 1.29 is 23.9 Å². The van der Waals surface area contributed by atoms with Crippen LogP contribution in [0, 0.1) is 0 Å². The van der Waals surface area contributed by atoms with E-state index in [4.69, 9.17) is 4.42 Å². The molecule has 162 valence electrons. The lowest BCUT2D eigenvalue weighted by Crippen LogP contribution is -2.42. The monoisotopic (exact) mass is 437 g/mol. The van der Waals surface area contributed by atoms with Crippen LogP contribution < -0.4 is 5.32 Å². The molecule has 1 unspecified atom stereocenters. The summed E-state index contributed by atoms with van der Waals surface area (Å²) in [4.78, 5) is 37.4. The van der Waals surface area contributed by atoms with Gasteiger partial charge < -0.3 is 14.8 Å². The second-order valence-corrected chi connectivity index (χ2v) is 7.86. The second-order valence-electron chi connectivity index (χ2n) is 7.86. The number of rotatable bonds is 6. The van der Waals surface area contributed by atoms with Gasteiger partial charge in [0, 0.05) is 28.3 Å². The van der Waals surface area contributed by atoms with Crippen molar-refractivity contribution in [1.29, 1.82) is 0 Å². The lowest BCUT2D eigenvalue weighted by atomic mass is 10.0. The molecule has 4 aromatic carbocycles. The van der Waals surface area contributed by atoms with Gasteiger partial charge in [0.25, 0.3) is 5.91 Å². The standard InChI is InChI=1S/C27H19NO5/c29-23(18-11-12-25-21(14-18)20-7-3-4-8-24(20)33-25)15-22(27(31)32)28-26(30)19-10-9-16-5-1-2-6-17(16)13-19/h1-14,22H,15H2,(H,28,30)(H,31,32). The summed E-state index contributed by atoms with van der Waals surface area (Å²) in [6, 6.07) is 23.9. The third kappa shape index (κ3) is 3.94. The van der Waals surface area contributed by atoms with Crippen LogP contribution in [0.2, 0.25) is 0 Å². The number of carbonyl (C=O) groups is 3. The van der Waals surface area contributed by atoms with Gasteiger partial charge in [-0.15, -0.1) is 0 Å². The van der Waals surface area contributed by atoms with Gasteiger partial charge in [0.1, 0.15) is 17.2 Å². The van der Waals surface area contributed by atoms with Crippen molar-refractivity contribution in [2.24, 2.45) is 0 Å². The Morgan fingerprint density at radius 1 is 0.758 bits per heavy atom. The molecular weight excluding hydrogens is 418 g/mol. The number of aliphatic carboxylic acids is 1. The van der Waals surface area contributed by atoms with Gasteiger partial charge in [-0.2, -0.15) is 0 Å². The zero-order valence-electron chi connectivity index (χ0n) is 17.4. The summed E-state index contributed by atoms with van der Waals surface area (Å²) < 4.78 is 5.78. The minimum absolute atomic E-state index is 0.332. The van der Waals surface area contributed by atoms with Crippen molar-refractivity contribution in [1.82, 2.24) is 5.32 Å². The van der Waals surface area contributed by atoms with Crippen molar-refractivity contribution in [2.75, 3.05) is 0 Å². The number of amides is 1. The number of fused-ring (bicyclic) bond motifs is 4. The maximum Gasteiger partial charge on any atom is 0.326 e. The first-order chi connectivity index (χ1) is 16.0. The number of furan rings is 1. The number of carbonyl (C=O) groups excluding carboxylic acids is 2. The van der Waals surface area contributed by atoms with E-state index >= 15 is 0 Å². The number of benzene rings is 4. The average molecular weight is 437 g/mol. The van der Waals surface area contributed by atoms with E-state index in [-0.39, 0.29) is 12.2 Å². The number of carboxylic acid groups (broad SMARTS) is 1. The number of hydrogen-bond acceptors (Lipinski definition) is 4. The summed E-state index contributed by atoms with van der Waals surface area (Å²) >= 11 is 0. The Morgan fingerprint density at radius 3 is 2.27 bits per heavy atom. The maximum atomic E-state index is 12.9. The summed E-state index contributed by atoms with van der Waals surface area (Å²) in [6.45, 7) is 0. The van der Waals surface area contributed by atoms with Gasteiger partial charge in [0.15, 0.2) is 5.78 Å². The molecule has 0 aliphatic heterocycles. The largest absolute Gasteiger partial charge is 0.480 e. The van der Waals surface area contributed by atoms with E-state index in [0.717, 1.165) is 21.5 Å². The number of Topliss-reactive ketones (excluding diaryl/α,β-unsaturated/α-hetero) is 1. The first-order valence-electron chi connectivity index (χ1n) is 10.5. The minimum Gasteiger partial charge on any atom is -0.480 e. The zero-order chi connectivity index (χ0) is 22.9. The molecule has 0 aliphatic carbocycles. The van der Waals surface area contributed by atoms with Crippen LogP contribution in [-0.4, -0.2) is 28.8 Å². The van der Waals surface area contributed by atoms with Crippen molar-refractivity contribution >= 4 is 50.4 Å². The summed E-state index contributed by atoms with van der Waals surface area (Å²) in [6.07, 6.45) is -0.365. The van der Waals surface area contributed by atoms with E-state index in [1.54, 1.807) is 36.4 Å². The van der Waals surface area contributed by atoms with E-state index in [1.807, 2.05) is 48.5 Å². The van der Waals surface area contributed by atoms with Crippen molar-refractivity contribution in [3.8, 4) is 0 Å². The molecule has 2 N–H and O–H groups in total. The van der Waals surface area contributed by atoms with Crippen molar-refractivity contribution in [2.45, 2.75) is 12.5 Å². The number of hydrogen-bond donors (Lipinski definition) is 2. The van der Waals surface area contributed by atoms with Crippen LogP contribution in [0.5, 0.6) is 0 Å². The SMILES string of the molecule is O=C(CC(NC(=O)c1ccc2ccccc2c1)C(=O)O)c1ccc2oc3ccccc3c2c1. The van der Waals surface area contributed by atoms with Crippen LogP contribution >= 0.6 is 0 Å². The normalized spacial score (nSPS) is 12.1. The molecule has 1 atom stereocenters. The third-order valence-corrected chi connectivity index (χ3v) is 5.70. The summed E-state index contributed by atoms with van der Waals surface area (Å²) in [7, 11) is 0. The average Bonchev–Trinajstić information content (AvgIpc) is 3.21. The van der Waals surface area contributed by atoms with Crippen LogP contribution in [0.3, 0.4) is 0 Å². The molecule has 1 heterocycles. The number of nitrogens with one attached hydrogen (secondary N) is 1. The van der Waals surface area contributed by atoms with Gasteiger partial charge in [-0.25, -0.2) is 4.79 Å². The maximum absolute atomic E-state index is 12.9. The molecule has 0 saturated carbocycles. The molecule has 0 bridgehead atoms. The quantitative estimate of drug-likeness (QED) is 0.356. The van der Waals surface area contributed by atoms with E-state index in [2.05, 4.69) is 5.32 Å². The molecule has 5 aromatic rings. The number of ketones is 1. The number of carboxylic acids is 1. The Kier molecular flexibility index (Phi) is 5.11. The molecule has 1 amide bonds. The topological polar surface area (TPSA) is 96.6 Å². The van der Waals surface area contributed by atoms with E-state index in [0.29, 0.717) is 22.3 Å². The Bertz CT molecular complexity index is 1550. The molecule has 5 rings (SSSR count). The van der Waals surface area contributed by atoms with Gasteiger partial charge in [0.05, 0.1) is 0 Å². The fourth-order valence-corrected chi connectivity index (χ4v) is 3.97. The highest BCUT2D eigenvalue weighted by atomic mass is 16.4. The van der Waals surface area contributed by atoms with Crippen molar-refractivity contribution in [3.63, 3.8) is 0 Å². The zero-order valence-corrected chi connectivity index (χ0v) is 17.4. The highest BCUT2D eigenvalue weighted by molar-refractivity contribution is 6.09. The second kappa shape index (κ2) is 8.24. The summed E-state index contributed by atoms with van der Waals surface area (Å²) in [5.74, 6) is -2.20. The molecule has 0 fully saturated rings. The van der Waals surface area contributed by atoms with Crippen LogP contribution in [0.15, 0.2) is 89.3 Å². The molecule has 6 heteroatoms. The fourth-order valence-electron chi connectivity index (χ4n) is 3.97. The van der Waals surface area contributed by atoms with E-state index < -0.39 is 17.9 Å². The van der Waals surface area contributed by atoms with Crippen LogP contribution in [-0.2, 0) is 4.79 Å². The Hall–Kier alpha value is -4.45. The first kappa shape index (κ1) is 20.5. The predicted octanol–water partition coefficient (Wildman–Crippen LogP) is 5.20. The van der Waals surface area contributed by atoms with Gasteiger partial charge in [0.2, 0.25) is 0 Å². The molecular formula is C27H19NO5. The summed E-state index contributed by atoms with van der Waals surface area (Å²) in [5, 5.41) is 15.6. The lowest BCUT2D eigenvalue weighted by Gasteiger charge is -2.14. The molecule has 1 aromatic heterocycles. The van der Waals surface area contributed by atoms with Gasteiger partial charge in [-0.3, -0.25) is 9.59 Å². The lowest BCUT2D eigenvalue weighted by molar-refractivity contribution is -0.139. The molecule has 33 heavy (non-hydrogen) atoms. The number of para-hydroxylation sites is 1. The van der Waals surface area contributed by atoms with Gasteiger partial charge >= 0.3 is 5.97 Å². The Balaban J connectivity index is 1.37. The Labute approximate surface area is 188 Å². The van der Waals surface area contributed by atoms with E-state index in [9.17, 15) is 19.5 Å². The molecule has 0 radical (unpaired) electrons. The molecule has 6 nitrogen and oxygen atoms in total. The minimum atomic E-state index is -1.35. The van der Waals surface area contributed by atoms with Crippen LogP contribution in [0.25, 0.3) is 32.7 Å². The highest BCUT2D eigenvalue weighted by Crippen LogP contribution is 2.29. The molecule has 0 saturated heterocycles. The third-order valence-electron chi connectivity index (χ3n) is 5.70. The summed E-state index contributed by atoms with van der Waals surface area (Å²) in [5.41, 5.74) is 2.05. The fraction of sp³-hybridized carbons (Fsp3) is 0.0741. The smallest absolute Gasteiger partial charge is 0.326 e. The van der Waals surface area contributed by atoms with Gasteiger partial charge in [-0.05, 0) is 47.2 Å². The van der Waals surface area contributed by atoms with Crippen LogP contribution in [0.4, 0.5) is 0 Å². The highest BCUT2D eigenvalue weighted by Gasteiger charge is 2.25. The van der Waals surface area contributed by atoms with Gasteiger partial charge in [-0.1, -0.05) is 48.5 Å². The predicted molar refractivity (Wildman–Crippen MR) is 126 cm³/mol. The molecule has 0 spiro atoms. The molecule has 0 aliphatic rings. The Morgan fingerprint density at radius 2 is 1.45 bits per heavy atom. The first-order valence-corrected chi connectivity index (χ1v) is 10.5. The van der Waals surface area contributed by atoms with Crippen molar-refractivity contribution in [3.05, 3.63) is 96.1 Å². The van der Waals surface area contributed by atoms with Crippen LogP contribution in [0.1, 0.15) is 27.1 Å².